The SMILES string of the molecule is Cc1ccc(C)c(NC(=O)C(Sc2nc3sc(C)c(C)c3c(=O)n2C)c2ccccc2)c1. The highest BCUT2D eigenvalue weighted by atomic mass is 32.2. The summed E-state index contributed by atoms with van der Waals surface area (Å²) in [5.74, 6) is -0.150. The van der Waals surface area contributed by atoms with Crippen LogP contribution in [0, 0.1) is 27.7 Å². The number of aryl methyl sites for hydroxylation is 4. The van der Waals surface area contributed by atoms with Crippen molar-refractivity contribution in [2.75, 3.05) is 5.32 Å². The first-order valence-corrected chi connectivity index (χ1v) is 12.0. The molecule has 2 aromatic carbocycles. The molecule has 1 amide bonds. The van der Waals surface area contributed by atoms with Gasteiger partial charge in [0.1, 0.15) is 10.1 Å². The molecule has 0 saturated heterocycles. The predicted molar refractivity (Wildman–Crippen MR) is 134 cm³/mol. The average Bonchev–Trinajstić information content (AvgIpc) is 3.06. The topological polar surface area (TPSA) is 64.0 Å². The molecule has 4 rings (SSSR count). The Hall–Kier alpha value is -2.90. The molecule has 0 aliphatic carbocycles. The molecule has 1 unspecified atom stereocenters. The highest BCUT2D eigenvalue weighted by molar-refractivity contribution is 8.00. The Kier molecular flexibility index (Phi) is 6.22. The fraction of sp³-hybridized carbons (Fsp3) is 0.240. The normalized spacial score (nSPS) is 12.2. The van der Waals surface area contributed by atoms with Crippen LogP contribution in [0.3, 0.4) is 0 Å². The van der Waals surface area contributed by atoms with Crippen LogP contribution in [0.15, 0.2) is 58.5 Å². The number of anilines is 1. The molecule has 0 bridgehead atoms. The van der Waals surface area contributed by atoms with Gasteiger partial charge >= 0.3 is 0 Å². The smallest absolute Gasteiger partial charge is 0.262 e. The second-order valence-electron chi connectivity index (χ2n) is 7.94. The maximum absolute atomic E-state index is 13.5. The van der Waals surface area contributed by atoms with Crippen molar-refractivity contribution in [2.24, 2.45) is 7.05 Å². The molecule has 0 spiro atoms. The second kappa shape index (κ2) is 8.92. The van der Waals surface area contributed by atoms with Gasteiger partial charge in [0.05, 0.1) is 5.39 Å². The van der Waals surface area contributed by atoms with E-state index in [0.717, 1.165) is 32.8 Å². The lowest BCUT2D eigenvalue weighted by Gasteiger charge is -2.19. The van der Waals surface area contributed by atoms with E-state index in [-0.39, 0.29) is 11.5 Å². The first-order valence-electron chi connectivity index (χ1n) is 10.3. The van der Waals surface area contributed by atoms with Gasteiger partial charge in [0, 0.05) is 17.6 Å². The molecule has 0 aliphatic rings. The Morgan fingerprint density at radius 1 is 1.09 bits per heavy atom. The highest BCUT2D eigenvalue weighted by Gasteiger charge is 2.26. The summed E-state index contributed by atoms with van der Waals surface area (Å²) >= 11 is 2.81. The van der Waals surface area contributed by atoms with Gasteiger partial charge in [0.2, 0.25) is 5.91 Å². The van der Waals surface area contributed by atoms with Gasteiger partial charge in [-0.25, -0.2) is 4.98 Å². The second-order valence-corrected chi connectivity index (χ2v) is 10.2. The standard InChI is InChI=1S/C25H25N3O2S2/c1-14-11-12-15(2)19(13-14)26-22(29)21(18-9-7-6-8-10-18)32-25-27-23-20(24(30)28(25)5)16(3)17(4)31-23/h6-13,21H,1-5H3,(H,26,29). The molecule has 0 aliphatic heterocycles. The number of carbonyl (C=O) groups excluding carboxylic acids is 1. The van der Waals surface area contributed by atoms with Crippen LogP contribution < -0.4 is 10.9 Å². The highest BCUT2D eigenvalue weighted by Crippen LogP contribution is 2.37. The molecular weight excluding hydrogens is 438 g/mol. The third-order valence-electron chi connectivity index (χ3n) is 5.58. The van der Waals surface area contributed by atoms with E-state index >= 15 is 0 Å². The zero-order chi connectivity index (χ0) is 23.0. The summed E-state index contributed by atoms with van der Waals surface area (Å²) in [6.45, 7) is 7.92. The van der Waals surface area contributed by atoms with E-state index in [1.54, 1.807) is 11.6 Å². The molecule has 2 aromatic heterocycles. The van der Waals surface area contributed by atoms with Crippen molar-refractivity contribution in [3.05, 3.63) is 86.0 Å². The summed E-state index contributed by atoms with van der Waals surface area (Å²) in [5, 5.41) is 3.71. The molecule has 7 heteroatoms. The van der Waals surface area contributed by atoms with Crippen molar-refractivity contribution in [1.82, 2.24) is 9.55 Å². The number of rotatable bonds is 5. The van der Waals surface area contributed by atoms with Crippen molar-refractivity contribution < 1.29 is 4.79 Å². The van der Waals surface area contributed by atoms with E-state index in [2.05, 4.69) is 5.32 Å². The zero-order valence-corrected chi connectivity index (χ0v) is 20.4. The average molecular weight is 464 g/mol. The number of hydrogen-bond donors (Lipinski definition) is 1. The number of nitrogens with one attached hydrogen (secondary N) is 1. The Bertz CT molecular complexity index is 1370. The summed E-state index contributed by atoms with van der Waals surface area (Å²) in [7, 11) is 1.72. The molecule has 1 atom stereocenters. The minimum atomic E-state index is -0.561. The fourth-order valence-corrected chi connectivity index (χ4v) is 5.67. The van der Waals surface area contributed by atoms with E-state index in [0.29, 0.717) is 15.4 Å². The van der Waals surface area contributed by atoms with Gasteiger partial charge < -0.3 is 5.32 Å². The van der Waals surface area contributed by atoms with Crippen molar-refractivity contribution >= 4 is 44.9 Å². The molecule has 5 nitrogen and oxygen atoms in total. The number of fused-ring (bicyclic) bond motifs is 1. The first-order chi connectivity index (χ1) is 15.3. The van der Waals surface area contributed by atoms with Crippen molar-refractivity contribution in [3.8, 4) is 0 Å². The van der Waals surface area contributed by atoms with Crippen LogP contribution in [0.2, 0.25) is 0 Å². The number of carbonyl (C=O) groups is 1. The molecule has 32 heavy (non-hydrogen) atoms. The number of aromatic nitrogens is 2. The van der Waals surface area contributed by atoms with E-state index in [1.807, 2.05) is 76.2 Å². The van der Waals surface area contributed by atoms with Crippen LogP contribution in [0.5, 0.6) is 0 Å². The third kappa shape index (κ3) is 4.23. The van der Waals surface area contributed by atoms with Gasteiger partial charge in [0.25, 0.3) is 5.56 Å². The molecule has 4 aromatic rings. The van der Waals surface area contributed by atoms with Gasteiger partial charge in [-0.2, -0.15) is 0 Å². The Balaban J connectivity index is 1.75. The van der Waals surface area contributed by atoms with E-state index in [4.69, 9.17) is 4.98 Å². The van der Waals surface area contributed by atoms with E-state index < -0.39 is 5.25 Å². The maximum Gasteiger partial charge on any atom is 0.262 e. The number of amides is 1. The molecule has 2 heterocycles. The van der Waals surface area contributed by atoms with Gasteiger partial charge in [0.15, 0.2) is 5.16 Å². The minimum absolute atomic E-state index is 0.0823. The fourth-order valence-electron chi connectivity index (χ4n) is 3.54. The van der Waals surface area contributed by atoms with E-state index in [9.17, 15) is 9.59 Å². The van der Waals surface area contributed by atoms with Gasteiger partial charge in [-0.1, -0.05) is 54.2 Å². The molecule has 0 fully saturated rings. The van der Waals surface area contributed by atoms with Crippen LogP contribution in [-0.2, 0) is 11.8 Å². The lowest BCUT2D eigenvalue weighted by atomic mass is 10.1. The minimum Gasteiger partial charge on any atom is -0.325 e. The monoisotopic (exact) mass is 463 g/mol. The summed E-state index contributed by atoms with van der Waals surface area (Å²) in [6.07, 6.45) is 0. The van der Waals surface area contributed by atoms with Crippen molar-refractivity contribution in [1.29, 1.82) is 0 Å². The largest absolute Gasteiger partial charge is 0.325 e. The number of thiophene rings is 1. The Morgan fingerprint density at radius 2 is 1.81 bits per heavy atom. The number of benzene rings is 2. The molecular formula is C25H25N3O2S2. The summed E-state index contributed by atoms with van der Waals surface area (Å²) in [5.41, 5.74) is 4.61. The summed E-state index contributed by atoms with van der Waals surface area (Å²) in [6, 6.07) is 15.6. The van der Waals surface area contributed by atoms with Crippen LogP contribution >= 0.6 is 23.1 Å². The zero-order valence-electron chi connectivity index (χ0n) is 18.7. The Morgan fingerprint density at radius 3 is 2.53 bits per heavy atom. The lowest BCUT2D eigenvalue weighted by molar-refractivity contribution is -0.115. The van der Waals surface area contributed by atoms with Crippen LogP contribution in [0.1, 0.15) is 32.4 Å². The van der Waals surface area contributed by atoms with Crippen LogP contribution in [-0.4, -0.2) is 15.5 Å². The quantitative estimate of drug-likeness (QED) is 0.305. The number of hydrogen-bond acceptors (Lipinski definition) is 5. The molecule has 0 saturated carbocycles. The van der Waals surface area contributed by atoms with Gasteiger partial charge in [-0.05, 0) is 56.0 Å². The first kappa shape index (κ1) is 22.3. The third-order valence-corrected chi connectivity index (χ3v) is 7.98. The molecule has 0 radical (unpaired) electrons. The van der Waals surface area contributed by atoms with Crippen molar-refractivity contribution in [3.63, 3.8) is 0 Å². The van der Waals surface area contributed by atoms with Crippen LogP contribution in [0.25, 0.3) is 10.2 Å². The maximum atomic E-state index is 13.5. The van der Waals surface area contributed by atoms with Gasteiger partial charge in [-0.15, -0.1) is 11.3 Å². The predicted octanol–water partition coefficient (Wildman–Crippen LogP) is 5.70. The van der Waals surface area contributed by atoms with Crippen molar-refractivity contribution in [2.45, 2.75) is 38.1 Å². The molecule has 164 valence electrons. The summed E-state index contributed by atoms with van der Waals surface area (Å²) in [4.78, 5) is 33.1. The van der Waals surface area contributed by atoms with E-state index in [1.165, 1.54) is 23.1 Å². The van der Waals surface area contributed by atoms with Crippen LogP contribution in [0.4, 0.5) is 5.69 Å². The van der Waals surface area contributed by atoms with Gasteiger partial charge in [-0.3, -0.25) is 14.2 Å². The molecule has 1 N–H and O–H groups in total. The Labute approximate surface area is 195 Å². The number of nitrogens with zero attached hydrogens (tertiary/aromatic N) is 2. The summed E-state index contributed by atoms with van der Waals surface area (Å²) < 4.78 is 1.55. The lowest BCUT2D eigenvalue weighted by Crippen LogP contribution is -2.23. The number of thioether (sulfide) groups is 1.